The van der Waals surface area contributed by atoms with E-state index in [-0.39, 0.29) is 5.57 Å². The third kappa shape index (κ3) is 2.75. The maximum absolute atomic E-state index is 11.7. The molecule has 1 aliphatic rings. The third-order valence-electron chi connectivity index (χ3n) is 2.32. The van der Waals surface area contributed by atoms with Crippen LogP contribution in [0.15, 0.2) is 35.6 Å². The number of carbonyl (C=O) groups excluding carboxylic acids is 2. The van der Waals surface area contributed by atoms with Crippen molar-refractivity contribution in [1.29, 1.82) is 0 Å². The van der Waals surface area contributed by atoms with Crippen LogP contribution >= 0.6 is 0 Å². The summed E-state index contributed by atoms with van der Waals surface area (Å²) in [5, 5.41) is 0. The highest BCUT2D eigenvalue weighted by Gasteiger charge is 2.33. The number of carbonyl (C=O) groups is 2. The lowest BCUT2D eigenvalue weighted by Crippen LogP contribution is -2.26. The predicted octanol–water partition coefficient (Wildman–Crippen LogP) is 0.975. The maximum atomic E-state index is 11.7. The van der Waals surface area contributed by atoms with E-state index in [2.05, 4.69) is 9.47 Å². The van der Waals surface area contributed by atoms with Crippen molar-refractivity contribution >= 4 is 11.9 Å². The van der Waals surface area contributed by atoms with Gasteiger partial charge in [-0.3, -0.25) is 4.79 Å². The number of hydrogen-bond donors (Lipinski definition) is 0. The van der Waals surface area contributed by atoms with Crippen molar-refractivity contribution in [2.24, 2.45) is 5.92 Å². The molecule has 1 rings (SSSR count). The molecule has 5 nitrogen and oxygen atoms in total. The van der Waals surface area contributed by atoms with Gasteiger partial charge in [0.1, 0.15) is 5.92 Å². The van der Waals surface area contributed by atoms with Crippen LogP contribution < -0.4 is 0 Å². The van der Waals surface area contributed by atoms with E-state index in [0.29, 0.717) is 5.57 Å². The van der Waals surface area contributed by atoms with Gasteiger partial charge in [0.15, 0.2) is 0 Å². The van der Waals surface area contributed by atoms with Crippen LogP contribution in [0, 0.1) is 5.92 Å². The van der Waals surface area contributed by atoms with Crippen molar-refractivity contribution < 1.29 is 23.8 Å². The first kappa shape index (κ1) is 13.0. The summed E-state index contributed by atoms with van der Waals surface area (Å²) in [6, 6.07) is 0. The fraction of sp³-hybridized carbons (Fsp3) is 0.333. The van der Waals surface area contributed by atoms with Gasteiger partial charge < -0.3 is 14.2 Å². The van der Waals surface area contributed by atoms with Gasteiger partial charge in [0.25, 0.3) is 0 Å². The molecule has 0 aromatic rings. The molecule has 0 fully saturated rings. The molecule has 0 radical (unpaired) electrons. The van der Waals surface area contributed by atoms with Crippen LogP contribution in [-0.4, -0.2) is 33.3 Å². The van der Waals surface area contributed by atoms with Crippen molar-refractivity contribution in [1.82, 2.24) is 0 Å². The van der Waals surface area contributed by atoms with E-state index in [1.54, 1.807) is 12.2 Å². The number of hydrogen-bond acceptors (Lipinski definition) is 5. The molecule has 1 aliphatic carbocycles. The van der Waals surface area contributed by atoms with Crippen LogP contribution in [0.3, 0.4) is 0 Å². The van der Waals surface area contributed by atoms with E-state index in [1.165, 1.54) is 33.7 Å². The zero-order valence-electron chi connectivity index (χ0n) is 9.93. The first-order chi connectivity index (χ1) is 8.15. The first-order valence-corrected chi connectivity index (χ1v) is 4.93. The third-order valence-corrected chi connectivity index (χ3v) is 2.32. The zero-order valence-corrected chi connectivity index (χ0v) is 9.93. The molecule has 0 spiro atoms. The second kappa shape index (κ2) is 5.89. The summed E-state index contributed by atoms with van der Waals surface area (Å²) in [7, 11) is 3.99. The van der Waals surface area contributed by atoms with Crippen molar-refractivity contribution in [2.45, 2.75) is 0 Å². The van der Waals surface area contributed by atoms with Crippen molar-refractivity contribution in [3.8, 4) is 0 Å². The van der Waals surface area contributed by atoms with Gasteiger partial charge in [-0.05, 0) is 0 Å². The highest BCUT2D eigenvalue weighted by atomic mass is 16.5. The second-order valence-corrected chi connectivity index (χ2v) is 3.28. The van der Waals surface area contributed by atoms with Crippen LogP contribution in [0.5, 0.6) is 0 Å². The Kier molecular flexibility index (Phi) is 4.51. The van der Waals surface area contributed by atoms with E-state index < -0.39 is 17.9 Å². The first-order valence-electron chi connectivity index (χ1n) is 4.93. The maximum Gasteiger partial charge on any atom is 0.334 e. The van der Waals surface area contributed by atoms with Gasteiger partial charge in [0.05, 0.1) is 33.2 Å². The minimum atomic E-state index is -0.808. The Balaban J connectivity index is 3.14. The van der Waals surface area contributed by atoms with Crippen LogP contribution in [-0.2, 0) is 23.8 Å². The Hall–Kier alpha value is -2.04. The number of methoxy groups -OCH3 is 3. The van der Waals surface area contributed by atoms with E-state index >= 15 is 0 Å². The Morgan fingerprint density at radius 2 is 1.94 bits per heavy atom. The summed E-state index contributed by atoms with van der Waals surface area (Å²) < 4.78 is 14.2. The Morgan fingerprint density at radius 1 is 1.24 bits per heavy atom. The SMILES string of the molecule is COC=C1C=CC=C(C(=O)OC)C1C(=O)OC. The van der Waals surface area contributed by atoms with Gasteiger partial charge in [0.2, 0.25) is 0 Å². The van der Waals surface area contributed by atoms with Gasteiger partial charge in [-0.2, -0.15) is 0 Å². The van der Waals surface area contributed by atoms with Crippen LogP contribution in [0.25, 0.3) is 0 Å². The van der Waals surface area contributed by atoms with E-state index in [0.717, 1.165) is 0 Å². The van der Waals surface area contributed by atoms with Crippen molar-refractivity contribution in [3.05, 3.63) is 35.6 Å². The topological polar surface area (TPSA) is 61.8 Å². The molecule has 1 unspecified atom stereocenters. The lowest BCUT2D eigenvalue weighted by Gasteiger charge is -2.19. The quantitative estimate of drug-likeness (QED) is 0.541. The predicted molar refractivity (Wildman–Crippen MR) is 59.8 cm³/mol. The lowest BCUT2D eigenvalue weighted by molar-refractivity contribution is -0.146. The minimum Gasteiger partial charge on any atom is -0.504 e. The van der Waals surface area contributed by atoms with Crippen LogP contribution in [0.4, 0.5) is 0 Å². The molecule has 0 saturated carbocycles. The smallest absolute Gasteiger partial charge is 0.334 e. The standard InChI is InChI=1S/C12H14O5/c1-15-7-8-5-4-6-9(11(13)16-2)10(8)12(14)17-3/h4-7,10H,1-3H3. The molecular weight excluding hydrogens is 224 g/mol. The van der Waals surface area contributed by atoms with E-state index in [9.17, 15) is 9.59 Å². The van der Waals surface area contributed by atoms with Crippen molar-refractivity contribution in [3.63, 3.8) is 0 Å². The average molecular weight is 238 g/mol. The van der Waals surface area contributed by atoms with Gasteiger partial charge in [-0.15, -0.1) is 0 Å². The summed E-state index contributed by atoms with van der Waals surface area (Å²) in [5.74, 6) is -1.90. The van der Waals surface area contributed by atoms with Gasteiger partial charge in [0, 0.05) is 5.57 Å². The number of rotatable bonds is 3. The average Bonchev–Trinajstić information content (AvgIpc) is 2.37. The minimum absolute atomic E-state index is 0.227. The fourth-order valence-electron chi connectivity index (χ4n) is 1.56. The summed E-state index contributed by atoms with van der Waals surface area (Å²) in [4.78, 5) is 23.2. The number of ether oxygens (including phenoxy) is 3. The second-order valence-electron chi connectivity index (χ2n) is 3.28. The molecule has 92 valence electrons. The van der Waals surface area contributed by atoms with Gasteiger partial charge in [-0.25, -0.2) is 4.79 Å². The molecule has 0 heterocycles. The molecular formula is C12H14O5. The normalized spacial score (nSPS) is 20.8. The molecule has 0 aromatic carbocycles. The Morgan fingerprint density at radius 3 is 2.47 bits per heavy atom. The van der Waals surface area contributed by atoms with E-state index in [1.807, 2.05) is 0 Å². The van der Waals surface area contributed by atoms with Crippen molar-refractivity contribution in [2.75, 3.05) is 21.3 Å². The zero-order chi connectivity index (χ0) is 12.8. The van der Waals surface area contributed by atoms with Crippen LogP contribution in [0.2, 0.25) is 0 Å². The molecule has 0 amide bonds. The van der Waals surface area contributed by atoms with E-state index in [4.69, 9.17) is 4.74 Å². The number of esters is 2. The molecule has 0 aromatic heterocycles. The monoisotopic (exact) mass is 238 g/mol. The molecule has 0 bridgehead atoms. The summed E-state index contributed by atoms with van der Waals surface area (Å²) in [6.07, 6.45) is 6.25. The van der Waals surface area contributed by atoms with Gasteiger partial charge in [-0.1, -0.05) is 18.2 Å². The number of allylic oxidation sites excluding steroid dienone is 3. The lowest BCUT2D eigenvalue weighted by atomic mass is 9.87. The fourth-order valence-corrected chi connectivity index (χ4v) is 1.56. The molecule has 0 saturated heterocycles. The summed E-state index contributed by atoms with van der Waals surface area (Å²) in [5.41, 5.74) is 0.771. The largest absolute Gasteiger partial charge is 0.504 e. The molecule has 5 heteroatoms. The van der Waals surface area contributed by atoms with Gasteiger partial charge >= 0.3 is 11.9 Å². The Bertz CT molecular complexity index is 403. The highest BCUT2D eigenvalue weighted by Crippen LogP contribution is 2.27. The molecule has 17 heavy (non-hydrogen) atoms. The summed E-state index contributed by atoms with van der Waals surface area (Å²) in [6.45, 7) is 0. The van der Waals surface area contributed by atoms with Crippen LogP contribution in [0.1, 0.15) is 0 Å². The summed E-state index contributed by atoms with van der Waals surface area (Å²) >= 11 is 0. The molecule has 0 N–H and O–H groups in total. The highest BCUT2D eigenvalue weighted by molar-refractivity contribution is 5.98. The Labute approximate surface area is 99.3 Å². The molecule has 0 aliphatic heterocycles. The molecule has 1 atom stereocenters.